The predicted molar refractivity (Wildman–Crippen MR) is 52.1 cm³/mol. The molecule has 0 aliphatic carbocycles. The first-order valence-electron chi connectivity index (χ1n) is 4.00. The summed E-state index contributed by atoms with van der Waals surface area (Å²) in [6.45, 7) is 2.71. The standard InChI is InChI=1S/C6H13O7PS/c1-4-12-14(8)6(5(2)7)13-15(9,10)11-3/h6,14H,4H2,1-3H3. The summed E-state index contributed by atoms with van der Waals surface area (Å²) in [4.78, 5) is 11.0. The molecule has 0 aromatic rings. The number of hydrogen-bond donors (Lipinski definition) is 0. The first-order valence-corrected chi connectivity index (χ1v) is 6.72. The Bertz CT molecular complexity index is 335. The van der Waals surface area contributed by atoms with E-state index in [1.54, 1.807) is 6.92 Å². The van der Waals surface area contributed by atoms with Crippen molar-refractivity contribution in [3.8, 4) is 0 Å². The van der Waals surface area contributed by atoms with Crippen molar-refractivity contribution in [2.24, 2.45) is 0 Å². The van der Waals surface area contributed by atoms with Crippen molar-refractivity contribution in [1.29, 1.82) is 0 Å². The van der Waals surface area contributed by atoms with Gasteiger partial charge < -0.3 is 4.52 Å². The first kappa shape index (κ1) is 14.7. The molecule has 0 spiro atoms. The molecule has 0 saturated heterocycles. The van der Waals surface area contributed by atoms with E-state index in [0.717, 1.165) is 14.0 Å². The molecule has 0 rings (SSSR count). The summed E-state index contributed by atoms with van der Waals surface area (Å²) in [6, 6.07) is 0. The molecule has 0 saturated carbocycles. The summed E-state index contributed by atoms with van der Waals surface area (Å²) < 4.78 is 45.8. The molecular formula is C6H13O7PS. The molecule has 2 atom stereocenters. The lowest BCUT2D eigenvalue weighted by Crippen LogP contribution is -2.23. The van der Waals surface area contributed by atoms with Gasteiger partial charge in [-0.15, -0.1) is 0 Å². The molecule has 0 aliphatic heterocycles. The lowest BCUT2D eigenvalue weighted by Gasteiger charge is -2.12. The summed E-state index contributed by atoms with van der Waals surface area (Å²) >= 11 is 0. The van der Waals surface area contributed by atoms with E-state index in [1.165, 1.54) is 0 Å². The number of carbonyl (C=O) groups excluding carboxylic acids is 1. The maximum absolute atomic E-state index is 11.3. The Morgan fingerprint density at radius 3 is 2.33 bits per heavy atom. The lowest BCUT2D eigenvalue weighted by atomic mass is 10.5. The van der Waals surface area contributed by atoms with Gasteiger partial charge in [-0.25, -0.2) is 4.18 Å². The Balaban J connectivity index is 4.70. The maximum Gasteiger partial charge on any atom is 0.400 e. The quantitative estimate of drug-likeness (QED) is 0.608. The van der Waals surface area contributed by atoms with Crippen LogP contribution in [0.3, 0.4) is 0 Å². The normalized spacial score (nSPS) is 15.9. The number of Topliss-reactive ketones (excluding diaryl/α,β-unsaturated/α-hetero) is 1. The molecule has 0 amide bonds. The van der Waals surface area contributed by atoms with Gasteiger partial charge in [0.05, 0.1) is 13.7 Å². The van der Waals surface area contributed by atoms with Gasteiger partial charge >= 0.3 is 10.4 Å². The van der Waals surface area contributed by atoms with E-state index in [9.17, 15) is 17.8 Å². The van der Waals surface area contributed by atoms with E-state index in [2.05, 4.69) is 12.9 Å². The number of ketones is 1. The molecule has 0 fully saturated rings. The third kappa shape index (κ3) is 5.39. The largest absolute Gasteiger partial charge is 0.400 e. The van der Waals surface area contributed by atoms with Gasteiger partial charge in [0.25, 0.3) is 0 Å². The van der Waals surface area contributed by atoms with E-state index in [0.29, 0.717) is 0 Å². The van der Waals surface area contributed by atoms with Gasteiger partial charge in [0.15, 0.2) is 5.78 Å². The number of carbonyl (C=O) groups is 1. The lowest BCUT2D eigenvalue weighted by molar-refractivity contribution is -0.120. The van der Waals surface area contributed by atoms with Gasteiger partial charge in [0.1, 0.15) is 0 Å². The van der Waals surface area contributed by atoms with Crippen LogP contribution in [0.5, 0.6) is 0 Å². The molecule has 0 radical (unpaired) electrons. The summed E-state index contributed by atoms with van der Waals surface area (Å²) in [6.07, 6.45) is 0. The average molecular weight is 260 g/mol. The van der Waals surface area contributed by atoms with Gasteiger partial charge in [-0.3, -0.25) is 13.5 Å². The predicted octanol–water partition coefficient (Wildman–Crippen LogP) is 0.321. The first-order chi connectivity index (χ1) is 6.84. The van der Waals surface area contributed by atoms with E-state index < -0.39 is 30.1 Å². The van der Waals surface area contributed by atoms with E-state index in [-0.39, 0.29) is 6.61 Å². The minimum Gasteiger partial charge on any atom is -0.329 e. The summed E-state index contributed by atoms with van der Waals surface area (Å²) in [5.74, 6) is -2.33. The Hall–Kier alpha value is -0.270. The van der Waals surface area contributed by atoms with E-state index in [1.807, 2.05) is 0 Å². The molecular weight excluding hydrogens is 247 g/mol. The summed E-state index contributed by atoms with van der Waals surface area (Å²) in [5.41, 5.74) is 0. The molecule has 0 aromatic heterocycles. The molecule has 9 heteroatoms. The number of hydrogen-bond acceptors (Lipinski definition) is 7. The van der Waals surface area contributed by atoms with E-state index in [4.69, 9.17) is 0 Å². The van der Waals surface area contributed by atoms with Gasteiger partial charge in [-0.2, -0.15) is 8.42 Å². The number of rotatable bonds is 7. The molecule has 15 heavy (non-hydrogen) atoms. The third-order valence-electron chi connectivity index (χ3n) is 1.29. The second-order valence-electron chi connectivity index (χ2n) is 2.41. The zero-order chi connectivity index (χ0) is 12.1. The molecule has 0 aliphatic rings. The van der Waals surface area contributed by atoms with Gasteiger partial charge in [-0.05, 0) is 13.8 Å². The molecule has 0 aromatic carbocycles. The van der Waals surface area contributed by atoms with Crippen LogP contribution >= 0.6 is 8.03 Å². The van der Waals surface area contributed by atoms with Crippen LogP contribution < -0.4 is 0 Å². The van der Waals surface area contributed by atoms with Crippen molar-refractivity contribution in [3.63, 3.8) is 0 Å². The van der Waals surface area contributed by atoms with Gasteiger partial charge in [0.2, 0.25) is 13.9 Å². The maximum atomic E-state index is 11.3. The smallest absolute Gasteiger partial charge is 0.329 e. The van der Waals surface area contributed by atoms with Crippen LogP contribution in [-0.4, -0.2) is 33.8 Å². The van der Waals surface area contributed by atoms with Crippen molar-refractivity contribution in [3.05, 3.63) is 0 Å². The SMILES string of the molecule is CCO[PH](=O)C(OS(=O)(=O)OC)C(C)=O. The zero-order valence-corrected chi connectivity index (χ0v) is 10.4. The minimum absolute atomic E-state index is 0.0952. The second kappa shape index (κ2) is 6.34. The highest BCUT2D eigenvalue weighted by molar-refractivity contribution is 7.82. The van der Waals surface area contributed by atoms with Crippen molar-refractivity contribution in [1.82, 2.24) is 0 Å². The fourth-order valence-corrected chi connectivity index (χ4v) is 2.53. The van der Waals surface area contributed by atoms with Crippen molar-refractivity contribution >= 4 is 24.2 Å². The molecule has 0 N–H and O–H groups in total. The Morgan fingerprint density at radius 1 is 1.47 bits per heavy atom. The van der Waals surface area contributed by atoms with Crippen molar-refractivity contribution in [2.45, 2.75) is 19.7 Å². The second-order valence-corrected chi connectivity index (χ2v) is 5.21. The van der Waals surface area contributed by atoms with Crippen LogP contribution in [0.15, 0.2) is 0 Å². The van der Waals surface area contributed by atoms with Gasteiger partial charge in [-0.1, -0.05) is 0 Å². The van der Waals surface area contributed by atoms with E-state index >= 15 is 0 Å². The highest BCUT2D eigenvalue weighted by Crippen LogP contribution is 2.32. The average Bonchev–Trinajstić information content (AvgIpc) is 2.14. The highest BCUT2D eigenvalue weighted by atomic mass is 32.3. The molecule has 0 bridgehead atoms. The Morgan fingerprint density at radius 2 is 2.00 bits per heavy atom. The third-order valence-corrected chi connectivity index (χ3v) is 3.82. The van der Waals surface area contributed by atoms with Crippen LogP contribution in [-0.2, 0) is 32.6 Å². The molecule has 90 valence electrons. The minimum atomic E-state index is -4.30. The summed E-state index contributed by atoms with van der Waals surface area (Å²) in [5, 5.41) is 0. The fourth-order valence-electron chi connectivity index (χ4n) is 0.648. The fraction of sp³-hybridized carbons (Fsp3) is 0.833. The highest BCUT2D eigenvalue weighted by Gasteiger charge is 2.29. The van der Waals surface area contributed by atoms with Gasteiger partial charge in [0, 0.05) is 0 Å². The molecule has 2 unspecified atom stereocenters. The van der Waals surface area contributed by atoms with Crippen molar-refractivity contribution in [2.75, 3.05) is 13.7 Å². The van der Waals surface area contributed by atoms with Crippen LogP contribution in [0.4, 0.5) is 0 Å². The van der Waals surface area contributed by atoms with Crippen LogP contribution in [0.2, 0.25) is 0 Å². The molecule has 0 heterocycles. The van der Waals surface area contributed by atoms with Crippen LogP contribution in [0.1, 0.15) is 13.8 Å². The molecule has 7 nitrogen and oxygen atoms in total. The monoisotopic (exact) mass is 260 g/mol. The zero-order valence-electron chi connectivity index (χ0n) is 8.55. The van der Waals surface area contributed by atoms with Crippen molar-refractivity contribution < 1.29 is 30.7 Å². The van der Waals surface area contributed by atoms with Crippen LogP contribution in [0, 0.1) is 0 Å². The Kier molecular flexibility index (Phi) is 6.23. The summed E-state index contributed by atoms with van der Waals surface area (Å²) in [7, 11) is -6.34. The Labute approximate surface area is 88.9 Å². The topological polar surface area (TPSA) is 96.0 Å². The van der Waals surface area contributed by atoms with Crippen LogP contribution in [0.25, 0.3) is 0 Å².